The summed E-state index contributed by atoms with van der Waals surface area (Å²) >= 11 is 19.0. The van der Waals surface area contributed by atoms with Crippen LogP contribution in [0.3, 0.4) is 0 Å². The first kappa shape index (κ1) is 13.3. The van der Waals surface area contributed by atoms with Gasteiger partial charge in [-0.15, -0.1) is 11.6 Å². The summed E-state index contributed by atoms with van der Waals surface area (Å²) in [5, 5.41) is 0.938. The van der Waals surface area contributed by atoms with Crippen molar-refractivity contribution in [3.63, 3.8) is 0 Å². The van der Waals surface area contributed by atoms with Crippen LogP contribution in [0.1, 0.15) is 34.1 Å². The van der Waals surface area contributed by atoms with Gasteiger partial charge in [0.2, 0.25) is 0 Å². The molecule has 0 saturated heterocycles. The number of halogens is 3. The van der Waals surface area contributed by atoms with Crippen molar-refractivity contribution in [2.75, 3.05) is 0 Å². The van der Waals surface area contributed by atoms with Gasteiger partial charge in [0.05, 0.1) is 5.38 Å². The predicted molar refractivity (Wildman–Crippen MR) is 82.6 cm³/mol. The summed E-state index contributed by atoms with van der Waals surface area (Å²) in [5.41, 5.74) is 4.71. The Balaban J connectivity index is 2.02. The Morgan fingerprint density at radius 2 is 1.58 bits per heavy atom. The lowest BCUT2D eigenvalue weighted by Gasteiger charge is -2.15. The van der Waals surface area contributed by atoms with Gasteiger partial charge in [0.15, 0.2) is 0 Å². The van der Waals surface area contributed by atoms with E-state index in [4.69, 9.17) is 34.8 Å². The first-order valence-corrected chi connectivity index (χ1v) is 7.56. The van der Waals surface area contributed by atoms with Crippen LogP contribution in [0, 0.1) is 0 Å². The van der Waals surface area contributed by atoms with E-state index < -0.39 is 0 Å². The topological polar surface area (TPSA) is 0 Å². The van der Waals surface area contributed by atoms with Crippen molar-refractivity contribution in [1.29, 1.82) is 0 Å². The quantitative estimate of drug-likeness (QED) is 0.614. The highest BCUT2D eigenvalue weighted by Crippen LogP contribution is 2.39. The fourth-order valence-corrected chi connectivity index (χ4v) is 3.77. The summed E-state index contributed by atoms with van der Waals surface area (Å²) in [6.07, 6.45) is 3.55. The molecule has 0 amide bonds. The molecule has 0 nitrogen and oxygen atoms in total. The van der Waals surface area contributed by atoms with Crippen LogP contribution >= 0.6 is 34.8 Å². The highest BCUT2D eigenvalue weighted by Gasteiger charge is 2.19. The minimum absolute atomic E-state index is 0.299. The average molecular weight is 312 g/mol. The Morgan fingerprint density at radius 3 is 2.32 bits per heavy atom. The van der Waals surface area contributed by atoms with Gasteiger partial charge in [-0.3, -0.25) is 0 Å². The van der Waals surface area contributed by atoms with Crippen LogP contribution in [0.4, 0.5) is 0 Å². The molecule has 2 aromatic rings. The molecule has 1 atom stereocenters. The maximum Gasteiger partial charge on any atom is 0.0864 e. The van der Waals surface area contributed by atoms with Gasteiger partial charge in [0.25, 0.3) is 0 Å². The summed E-state index contributed by atoms with van der Waals surface area (Å²) in [4.78, 5) is 0. The second kappa shape index (κ2) is 5.36. The minimum Gasteiger partial charge on any atom is -0.112 e. The molecule has 3 rings (SSSR count). The number of aryl methyl sites for hydroxylation is 2. The van der Waals surface area contributed by atoms with E-state index in [2.05, 4.69) is 18.2 Å². The molecular formula is C16H13Cl3. The van der Waals surface area contributed by atoms with Crippen molar-refractivity contribution >= 4 is 34.8 Å². The van der Waals surface area contributed by atoms with E-state index in [1.807, 2.05) is 18.2 Å². The van der Waals surface area contributed by atoms with E-state index in [0.29, 0.717) is 10.0 Å². The molecule has 0 spiro atoms. The summed E-state index contributed by atoms with van der Waals surface area (Å²) in [7, 11) is 0. The zero-order valence-corrected chi connectivity index (χ0v) is 12.6. The molecule has 0 radical (unpaired) electrons. The maximum absolute atomic E-state index is 6.57. The van der Waals surface area contributed by atoms with Crippen molar-refractivity contribution in [2.45, 2.75) is 24.6 Å². The maximum atomic E-state index is 6.57. The van der Waals surface area contributed by atoms with Crippen LogP contribution in [0.5, 0.6) is 0 Å². The van der Waals surface area contributed by atoms with Gasteiger partial charge >= 0.3 is 0 Å². The number of rotatable bonds is 2. The molecule has 0 bridgehead atoms. The highest BCUT2D eigenvalue weighted by atomic mass is 35.5. The molecule has 2 aromatic carbocycles. The number of fused-ring (bicyclic) bond motifs is 1. The van der Waals surface area contributed by atoms with E-state index in [9.17, 15) is 0 Å². The smallest absolute Gasteiger partial charge is 0.0864 e. The molecule has 0 N–H and O–H groups in total. The predicted octanol–water partition coefficient (Wildman–Crippen LogP) is 5.81. The van der Waals surface area contributed by atoms with Crippen LogP contribution in [-0.4, -0.2) is 0 Å². The molecular weight excluding hydrogens is 299 g/mol. The zero-order chi connectivity index (χ0) is 13.4. The van der Waals surface area contributed by atoms with Gasteiger partial charge in [-0.05, 0) is 48.1 Å². The van der Waals surface area contributed by atoms with E-state index >= 15 is 0 Å². The van der Waals surface area contributed by atoms with Gasteiger partial charge in [-0.2, -0.15) is 0 Å². The zero-order valence-electron chi connectivity index (χ0n) is 10.3. The molecule has 1 unspecified atom stereocenters. The number of hydrogen-bond acceptors (Lipinski definition) is 0. The van der Waals surface area contributed by atoms with Gasteiger partial charge in [0.1, 0.15) is 0 Å². The molecule has 0 fully saturated rings. The normalized spacial score (nSPS) is 15.3. The number of alkyl halides is 1. The second-order valence-corrected chi connectivity index (χ2v) is 6.13. The summed E-state index contributed by atoms with van der Waals surface area (Å²) in [6, 6.07) is 11.9. The van der Waals surface area contributed by atoms with Gasteiger partial charge < -0.3 is 0 Å². The molecule has 0 aliphatic heterocycles. The SMILES string of the molecule is Clc1cccc(Cl)c1C(Cl)c1ccc2c(c1)CCC2. The third-order valence-corrected chi connectivity index (χ3v) is 4.80. The lowest BCUT2D eigenvalue weighted by Crippen LogP contribution is -1.97. The average Bonchev–Trinajstić information content (AvgIpc) is 2.85. The van der Waals surface area contributed by atoms with Gasteiger partial charge in [0, 0.05) is 15.6 Å². The molecule has 3 heteroatoms. The second-order valence-electron chi connectivity index (χ2n) is 4.88. The van der Waals surface area contributed by atoms with Gasteiger partial charge in [-0.1, -0.05) is 47.5 Å². The molecule has 98 valence electrons. The summed E-state index contributed by atoms with van der Waals surface area (Å²) in [5.74, 6) is 0. The monoisotopic (exact) mass is 310 g/mol. The Labute approximate surface area is 128 Å². The van der Waals surface area contributed by atoms with Crippen LogP contribution < -0.4 is 0 Å². The third-order valence-electron chi connectivity index (χ3n) is 3.67. The van der Waals surface area contributed by atoms with Crippen molar-refractivity contribution in [3.05, 3.63) is 68.7 Å². The van der Waals surface area contributed by atoms with Crippen LogP contribution in [0.25, 0.3) is 0 Å². The van der Waals surface area contributed by atoms with Crippen LogP contribution in [-0.2, 0) is 12.8 Å². The lowest BCUT2D eigenvalue weighted by atomic mass is 10.00. The van der Waals surface area contributed by atoms with Crippen LogP contribution in [0.2, 0.25) is 10.0 Å². The third kappa shape index (κ3) is 2.50. The Morgan fingerprint density at radius 1 is 0.895 bits per heavy atom. The van der Waals surface area contributed by atoms with E-state index in [0.717, 1.165) is 17.5 Å². The van der Waals surface area contributed by atoms with Crippen molar-refractivity contribution in [2.24, 2.45) is 0 Å². The van der Waals surface area contributed by atoms with Crippen molar-refractivity contribution < 1.29 is 0 Å². The van der Waals surface area contributed by atoms with Crippen molar-refractivity contribution in [1.82, 2.24) is 0 Å². The largest absolute Gasteiger partial charge is 0.112 e. The van der Waals surface area contributed by atoms with E-state index in [1.54, 1.807) is 0 Å². The molecule has 0 saturated carbocycles. The van der Waals surface area contributed by atoms with Crippen molar-refractivity contribution in [3.8, 4) is 0 Å². The standard InChI is InChI=1S/C16H13Cl3/c17-13-5-2-6-14(18)15(13)16(19)12-8-7-10-3-1-4-11(10)9-12/h2,5-9,16H,1,3-4H2. The summed E-state index contributed by atoms with van der Waals surface area (Å²) in [6.45, 7) is 0. The lowest BCUT2D eigenvalue weighted by molar-refractivity contribution is 0.911. The summed E-state index contributed by atoms with van der Waals surface area (Å²) < 4.78 is 0. The highest BCUT2D eigenvalue weighted by molar-refractivity contribution is 6.38. The number of hydrogen-bond donors (Lipinski definition) is 0. The molecule has 1 aliphatic rings. The molecule has 0 heterocycles. The van der Waals surface area contributed by atoms with Gasteiger partial charge in [-0.25, -0.2) is 0 Å². The fourth-order valence-electron chi connectivity index (χ4n) is 2.67. The minimum atomic E-state index is -0.299. The van der Waals surface area contributed by atoms with E-state index in [1.165, 1.54) is 24.0 Å². The Kier molecular flexibility index (Phi) is 3.75. The van der Waals surface area contributed by atoms with Crippen LogP contribution in [0.15, 0.2) is 36.4 Å². The first-order chi connectivity index (χ1) is 9.16. The Bertz CT molecular complexity index is 599. The molecule has 1 aliphatic carbocycles. The molecule has 0 aromatic heterocycles. The Hall–Kier alpha value is -0.690. The number of benzene rings is 2. The molecule has 19 heavy (non-hydrogen) atoms. The van der Waals surface area contributed by atoms with E-state index in [-0.39, 0.29) is 5.38 Å². The fraction of sp³-hybridized carbons (Fsp3) is 0.250. The first-order valence-electron chi connectivity index (χ1n) is 6.36.